The topological polar surface area (TPSA) is 9.23 Å². The maximum atomic E-state index is 17.1. The van der Waals surface area contributed by atoms with Gasteiger partial charge in [-0.05, 0) is 116 Å². The molecule has 0 spiro atoms. The fourth-order valence-electron chi connectivity index (χ4n) is 6.17. The third kappa shape index (κ3) is 8.40. The molecule has 0 atom stereocenters. The summed E-state index contributed by atoms with van der Waals surface area (Å²) in [6, 6.07) is 35.2. The van der Waals surface area contributed by atoms with Crippen molar-refractivity contribution in [1.82, 2.24) is 0 Å². The van der Waals surface area contributed by atoms with Gasteiger partial charge in [-0.15, -0.1) is 0 Å². The summed E-state index contributed by atoms with van der Waals surface area (Å²) in [6.45, 7) is 2.10. The van der Waals surface area contributed by atoms with E-state index in [4.69, 9.17) is 16.3 Å². The van der Waals surface area contributed by atoms with Gasteiger partial charge in [0.25, 0.3) is 0 Å². The molecule has 226 valence electrons. The standard InChI is InChI=1S/C40H39BrClFO/c1-28-9-6-12-30(25-28)18-22-36-37(23-19-31-13-7-15-33(41)26-31)40(44-2)38(24-20-32-14-8-16-34(42)27-32)35(39(36)43)21-17-29-10-4-3-5-11-29/h3-16,25-27H,17-24H2,1-2H3. The largest absolute Gasteiger partial charge is 0.496 e. The van der Waals surface area contributed by atoms with Crippen molar-refractivity contribution in [3.8, 4) is 5.75 Å². The molecule has 5 aromatic carbocycles. The number of aryl methyl sites for hydroxylation is 5. The highest BCUT2D eigenvalue weighted by Crippen LogP contribution is 2.37. The molecule has 0 fully saturated rings. The summed E-state index contributed by atoms with van der Waals surface area (Å²) >= 11 is 9.93. The molecular formula is C40H39BrClFO. The van der Waals surface area contributed by atoms with E-state index in [0.717, 1.165) is 63.7 Å². The lowest BCUT2D eigenvalue weighted by atomic mass is 9.85. The Hall–Kier alpha value is -3.40. The Balaban J connectivity index is 1.58. The van der Waals surface area contributed by atoms with E-state index in [1.807, 2.05) is 42.5 Å². The van der Waals surface area contributed by atoms with Gasteiger partial charge in [-0.25, -0.2) is 4.39 Å². The first-order chi connectivity index (χ1) is 21.4. The maximum Gasteiger partial charge on any atom is 0.130 e. The van der Waals surface area contributed by atoms with Gasteiger partial charge in [0.15, 0.2) is 0 Å². The van der Waals surface area contributed by atoms with Crippen molar-refractivity contribution >= 4 is 27.5 Å². The number of ether oxygens (including phenoxy) is 1. The van der Waals surface area contributed by atoms with Crippen LogP contribution in [-0.4, -0.2) is 7.11 Å². The van der Waals surface area contributed by atoms with Crippen LogP contribution in [0.4, 0.5) is 4.39 Å². The van der Waals surface area contributed by atoms with E-state index in [9.17, 15) is 0 Å². The van der Waals surface area contributed by atoms with Gasteiger partial charge in [0.05, 0.1) is 7.11 Å². The molecule has 0 heterocycles. The molecule has 0 unspecified atom stereocenters. The van der Waals surface area contributed by atoms with Crippen LogP contribution in [0.5, 0.6) is 5.75 Å². The van der Waals surface area contributed by atoms with Crippen LogP contribution in [0.2, 0.25) is 5.02 Å². The van der Waals surface area contributed by atoms with Crippen LogP contribution in [0.15, 0.2) is 108 Å². The summed E-state index contributed by atoms with van der Waals surface area (Å²) in [6.07, 6.45) is 5.68. The molecule has 1 nitrogen and oxygen atoms in total. The smallest absolute Gasteiger partial charge is 0.130 e. The molecular weight excluding hydrogens is 631 g/mol. The zero-order chi connectivity index (χ0) is 30.9. The number of hydrogen-bond donors (Lipinski definition) is 0. The van der Waals surface area contributed by atoms with Gasteiger partial charge in [-0.3, -0.25) is 0 Å². The van der Waals surface area contributed by atoms with Crippen LogP contribution < -0.4 is 4.74 Å². The van der Waals surface area contributed by atoms with Gasteiger partial charge < -0.3 is 4.74 Å². The second kappa shape index (κ2) is 15.5. The van der Waals surface area contributed by atoms with Gasteiger partial charge in [0, 0.05) is 20.6 Å². The molecule has 0 saturated heterocycles. The Labute approximate surface area is 275 Å². The third-order valence-corrected chi connectivity index (χ3v) is 9.10. The van der Waals surface area contributed by atoms with Gasteiger partial charge in [-0.1, -0.05) is 112 Å². The predicted octanol–water partition coefficient (Wildman–Crippen LogP) is 10.7. The SMILES string of the molecule is COc1c(CCc2cccc(Cl)c2)c(CCc2ccccc2)c(F)c(CCc2cccc(C)c2)c1CCc1cccc(Br)c1. The van der Waals surface area contributed by atoms with Crippen LogP contribution in [0.1, 0.15) is 50.1 Å². The average molecular weight is 670 g/mol. The minimum absolute atomic E-state index is 0.0697. The molecule has 0 saturated carbocycles. The minimum atomic E-state index is -0.0697. The van der Waals surface area contributed by atoms with E-state index in [1.165, 1.54) is 22.3 Å². The molecule has 0 aliphatic rings. The highest BCUT2D eigenvalue weighted by Gasteiger charge is 2.25. The van der Waals surface area contributed by atoms with Crippen LogP contribution in [0, 0.1) is 12.7 Å². The van der Waals surface area contributed by atoms with Crippen LogP contribution in [-0.2, 0) is 51.4 Å². The first kappa shape index (κ1) is 32.0. The molecule has 0 bridgehead atoms. The lowest BCUT2D eigenvalue weighted by Gasteiger charge is -2.24. The lowest BCUT2D eigenvalue weighted by Crippen LogP contribution is -2.14. The van der Waals surface area contributed by atoms with Gasteiger partial charge in [0.2, 0.25) is 0 Å². The number of halogens is 3. The van der Waals surface area contributed by atoms with Gasteiger partial charge in [-0.2, -0.15) is 0 Å². The van der Waals surface area contributed by atoms with Crippen molar-refractivity contribution in [3.05, 3.63) is 169 Å². The molecule has 0 radical (unpaired) electrons. The monoisotopic (exact) mass is 668 g/mol. The zero-order valence-corrected chi connectivity index (χ0v) is 27.9. The van der Waals surface area contributed by atoms with Gasteiger partial charge >= 0.3 is 0 Å². The molecule has 0 N–H and O–H groups in total. The van der Waals surface area contributed by atoms with Crippen molar-refractivity contribution in [1.29, 1.82) is 0 Å². The third-order valence-electron chi connectivity index (χ3n) is 8.37. The van der Waals surface area contributed by atoms with E-state index < -0.39 is 0 Å². The van der Waals surface area contributed by atoms with Crippen molar-refractivity contribution < 1.29 is 9.13 Å². The fraction of sp³-hybridized carbons (Fsp3) is 0.250. The van der Waals surface area contributed by atoms with Crippen molar-refractivity contribution in [2.45, 2.75) is 58.3 Å². The number of hydrogen-bond acceptors (Lipinski definition) is 1. The molecule has 0 aliphatic heterocycles. The summed E-state index contributed by atoms with van der Waals surface area (Å²) < 4.78 is 24.4. The molecule has 5 rings (SSSR count). The van der Waals surface area contributed by atoms with E-state index in [2.05, 4.69) is 83.5 Å². The second-order valence-electron chi connectivity index (χ2n) is 11.5. The number of rotatable bonds is 13. The molecule has 44 heavy (non-hydrogen) atoms. The maximum absolute atomic E-state index is 17.1. The molecule has 0 amide bonds. The Morgan fingerprint density at radius 1 is 0.568 bits per heavy atom. The molecule has 5 aromatic rings. The lowest BCUT2D eigenvalue weighted by molar-refractivity contribution is 0.399. The Kier molecular flexibility index (Phi) is 11.3. The summed E-state index contributed by atoms with van der Waals surface area (Å²) in [5, 5.41) is 0.714. The first-order valence-electron chi connectivity index (χ1n) is 15.4. The van der Waals surface area contributed by atoms with E-state index in [0.29, 0.717) is 30.7 Å². The minimum Gasteiger partial charge on any atom is -0.496 e. The van der Waals surface area contributed by atoms with Crippen molar-refractivity contribution in [2.75, 3.05) is 7.11 Å². The summed E-state index contributed by atoms with van der Waals surface area (Å²) in [5.74, 6) is 0.769. The van der Waals surface area contributed by atoms with Gasteiger partial charge in [0.1, 0.15) is 11.6 Å². The summed E-state index contributed by atoms with van der Waals surface area (Å²) in [7, 11) is 1.74. The van der Waals surface area contributed by atoms with E-state index in [-0.39, 0.29) is 5.82 Å². The summed E-state index contributed by atoms with van der Waals surface area (Å²) in [4.78, 5) is 0. The Morgan fingerprint density at radius 2 is 1.07 bits per heavy atom. The molecule has 0 aromatic heterocycles. The normalized spacial score (nSPS) is 11.1. The molecule has 4 heteroatoms. The van der Waals surface area contributed by atoms with Crippen LogP contribution in [0.3, 0.4) is 0 Å². The quantitative estimate of drug-likeness (QED) is 0.121. The van der Waals surface area contributed by atoms with E-state index in [1.54, 1.807) is 7.11 Å². The second-order valence-corrected chi connectivity index (χ2v) is 12.8. The fourth-order valence-corrected chi connectivity index (χ4v) is 6.83. The number of benzene rings is 5. The van der Waals surface area contributed by atoms with Crippen LogP contribution >= 0.6 is 27.5 Å². The Bertz CT molecular complexity index is 1700. The molecule has 0 aliphatic carbocycles. The summed E-state index contributed by atoms with van der Waals surface area (Å²) in [5.41, 5.74) is 9.50. The highest BCUT2D eigenvalue weighted by molar-refractivity contribution is 9.10. The Morgan fingerprint density at radius 3 is 1.64 bits per heavy atom. The zero-order valence-electron chi connectivity index (χ0n) is 25.5. The van der Waals surface area contributed by atoms with E-state index >= 15 is 4.39 Å². The average Bonchev–Trinajstić information content (AvgIpc) is 3.02. The first-order valence-corrected chi connectivity index (χ1v) is 16.6. The predicted molar refractivity (Wildman–Crippen MR) is 186 cm³/mol. The highest BCUT2D eigenvalue weighted by atomic mass is 79.9. The van der Waals surface area contributed by atoms with Crippen LogP contribution in [0.25, 0.3) is 0 Å². The van der Waals surface area contributed by atoms with Crippen molar-refractivity contribution in [3.63, 3.8) is 0 Å². The number of methoxy groups -OCH3 is 1. The van der Waals surface area contributed by atoms with Crippen molar-refractivity contribution in [2.24, 2.45) is 0 Å².